The molecule has 3 nitrogen and oxygen atoms in total. The largest absolute Gasteiger partial charge is 0.395 e. The predicted molar refractivity (Wildman–Crippen MR) is 44.6 cm³/mol. The number of thioether (sulfide) groups is 1. The molecule has 0 aromatic carbocycles. The average molecular weight is 178 g/mol. The summed E-state index contributed by atoms with van der Waals surface area (Å²) in [4.78, 5) is 0. The predicted octanol–water partition coefficient (Wildman–Crippen LogP) is -0.404. The normalized spacial score (nSPS) is 44.7. The van der Waals surface area contributed by atoms with Gasteiger partial charge in [-0.3, -0.25) is 0 Å². The first-order valence-corrected chi connectivity index (χ1v) is 4.66. The lowest BCUT2D eigenvalue weighted by molar-refractivity contribution is -0.0145. The molecule has 0 saturated carbocycles. The van der Waals surface area contributed by atoms with Gasteiger partial charge in [0.05, 0.1) is 13.2 Å². The zero-order valence-corrected chi connectivity index (χ0v) is 7.34. The van der Waals surface area contributed by atoms with Crippen LogP contribution in [-0.4, -0.2) is 44.6 Å². The molecule has 1 aliphatic rings. The first-order valence-electron chi connectivity index (χ1n) is 3.72. The Labute approximate surface area is 70.4 Å². The lowest BCUT2D eigenvalue weighted by Crippen LogP contribution is -2.38. The first-order chi connectivity index (χ1) is 5.12. The van der Waals surface area contributed by atoms with Gasteiger partial charge in [-0.1, -0.05) is 6.92 Å². The van der Waals surface area contributed by atoms with Crippen LogP contribution in [0.15, 0.2) is 0 Å². The van der Waals surface area contributed by atoms with Crippen molar-refractivity contribution in [2.24, 2.45) is 0 Å². The Bertz CT molecular complexity index is 142. The van der Waals surface area contributed by atoms with Crippen LogP contribution in [0.25, 0.3) is 0 Å². The number of hydrogen-bond acceptors (Lipinski definition) is 4. The van der Waals surface area contributed by atoms with Crippen LogP contribution in [0.1, 0.15) is 13.3 Å². The number of hydrogen-bond donors (Lipinski definition) is 3. The minimum Gasteiger partial charge on any atom is -0.395 e. The van der Waals surface area contributed by atoms with Gasteiger partial charge in [0, 0.05) is 10.5 Å². The second kappa shape index (κ2) is 3.31. The van der Waals surface area contributed by atoms with Gasteiger partial charge in [-0.05, 0) is 6.42 Å². The summed E-state index contributed by atoms with van der Waals surface area (Å²) < 4.78 is 0. The van der Waals surface area contributed by atoms with Crippen molar-refractivity contribution in [1.82, 2.24) is 0 Å². The van der Waals surface area contributed by atoms with E-state index < -0.39 is 5.60 Å². The minimum atomic E-state index is -0.974. The maximum atomic E-state index is 9.69. The van der Waals surface area contributed by atoms with Gasteiger partial charge in [-0.25, -0.2) is 0 Å². The van der Waals surface area contributed by atoms with E-state index in [2.05, 4.69) is 0 Å². The lowest BCUT2D eigenvalue weighted by atomic mass is 9.96. The van der Waals surface area contributed by atoms with Crippen LogP contribution in [0.2, 0.25) is 0 Å². The summed E-state index contributed by atoms with van der Waals surface area (Å²) in [5, 5.41) is 27.5. The van der Waals surface area contributed by atoms with Gasteiger partial charge in [0.1, 0.15) is 5.60 Å². The van der Waals surface area contributed by atoms with E-state index >= 15 is 0 Å². The van der Waals surface area contributed by atoms with E-state index in [1.54, 1.807) is 0 Å². The highest BCUT2D eigenvalue weighted by molar-refractivity contribution is 8.00. The second-order valence-corrected chi connectivity index (χ2v) is 4.69. The van der Waals surface area contributed by atoms with Crippen LogP contribution in [0.5, 0.6) is 0 Å². The zero-order valence-electron chi connectivity index (χ0n) is 6.53. The van der Waals surface area contributed by atoms with Gasteiger partial charge < -0.3 is 15.3 Å². The molecule has 0 amide bonds. The third-order valence-electron chi connectivity index (χ3n) is 2.21. The molecule has 0 aromatic heterocycles. The van der Waals surface area contributed by atoms with Gasteiger partial charge in [0.15, 0.2) is 0 Å². The number of rotatable bonds is 2. The summed E-state index contributed by atoms with van der Waals surface area (Å²) in [5.74, 6) is 0. The van der Waals surface area contributed by atoms with Crippen LogP contribution < -0.4 is 0 Å². The number of aliphatic hydroxyl groups excluding tert-OH is 2. The van der Waals surface area contributed by atoms with Crippen molar-refractivity contribution in [2.75, 3.05) is 13.2 Å². The van der Waals surface area contributed by atoms with Crippen LogP contribution >= 0.6 is 11.8 Å². The summed E-state index contributed by atoms with van der Waals surface area (Å²) >= 11 is 1.54. The fraction of sp³-hybridized carbons (Fsp3) is 1.00. The fourth-order valence-corrected chi connectivity index (χ4v) is 2.80. The first kappa shape index (κ1) is 9.32. The van der Waals surface area contributed by atoms with E-state index in [1.165, 1.54) is 11.8 Å². The molecule has 4 heteroatoms. The fourth-order valence-electron chi connectivity index (χ4n) is 1.32. The summed E-state index contributed by atoms with van der Waals surface area (Å²) in [6.45, 7) is 1.74. The second-order valence-electron chi connectivity index (χ2n) is 3.05. The number of aliphatic hydroxyl groups is 3. The molecule has 0 aromatic rings. The van der Waals surface area contributed by atoms with Crippen molar-refractivity contribution >= 4 is 11.8 Å². The molecule has 0 aliphatic carbocycles. The Morgan fingerprint density at radius 2 is 2.18 bits per heavy atom. The van der Waals surface area contributed by atoms with Crippen LogP contribution in [0.4, 0.5) is 0 Å². The van der Waals surface area contributed by atoms with Gasteiger partial charge in [-0.2, -0.15) is 0 Å². The van der Waals surface area contributed by atoms with E-state index in [4.69, 9.17) is 10.2 Å². The molecule has 0 bridgehead atoms. The van der Waals surface area contributed by atoms with E-state index in [0.717, 1.165) is 0 Å². The molecule has 0 radical (unpaired) electrons. The van der Waals surface area contributed by atoms with E-state index in [-0.39, 0.29) is 23.7 Å². The SMILES string of the molecule is CC1SC(CO)CC1(O)CO. The molecule has 0 spiro atoms. The van der Waals surface area contributed by atoms with Crippen molar-refractivity contribution in [1.29, 1.82) is 0 Å². The Kier molecular flexibility index (Phi) is 2.80. The maximum Gasteiger partial charge on any atom is 0.100 e. The molecule has 3 atom stereocenters. The molecule has 66 valence electrons. The third-order valence-corrected chi connectivity index (χ3v) is 3.76. The zero-order chi connectivity index (χ0) is 8.48. The molecule has 1 aliphatic heterocycles. The molecule has 1 saturated heterocycles. The topological polar surface area (TPSA) is 60.7 Å². The highest BCUT2D eigenvalue weighted by atomic mass is 32.2. The van der Waals surface area contributed by atoms with Crippen LogP contribution in [-0.2, 0) is 0 Å². The highest BCUT2D eigenvalue weighted by Crippen LogP contribution is 2.40. The summed E-state index contributed by atoms with van der Waals surface area (Å²) in [6.07, 6.45) is 0.492. The maximum absolute atomic E-state index is 9.69. The molecular weight excluding hydrogens is 164 g/mol. The molecule has 3 N–H and O–H groups in total. The van der Waals surface area contributed by atoms with Crippen molar-refractivity contribution < 1.29 is 15.3 Å². The van der Waals surface area contributed by atoms with Crippen molar-refractivity contribution in [2.45, 2.75) is 29.4 Å². The van der Waals surface area contributed by atoms with Crippen molar-refractivity contribution in [3.63, 3.8) is 0 Å². The van der Waals surface area contributed by atoms with E-state index in [9.17, 15) is 5.11 Å². The van der Waals surface area contributed by atoms with Crippen molar-refractivity contribution in [3.8, 4) is 0 Å². The van der Waals surface area contributed by atoms with Crippen LogP contribution in [0.3, 0.4) is 0 Å². The molecular formula is C7H14O3S. The Morgan fingerprint density at radius 1 is 1.55 bits per heavy atom. The summed E-state index contributed by atoms with van der Waals surface area (Å²) in [7, 11) is 0. The Balaban J connectivity index is 2.57. The molecule has 3 unspecified atom stereocenters. The lowest BCUT2D eigenvalue weighted by Gasteiger charge is -2.23. The highest BCUT2D eigenvalue weighted by Gasteiger charge is 2.43. The van der Waals surface area contributed by atoms with Gasteiger partial charge >= 0.3 is 0 Å². The molecule has 1 rings (SSSR count). The van der Waals surface area contributed by atoms with E-state index in [0.29, 0.717) is 6.42 Å². The average Bonchev–Trinajstić information content (AvgIpc) is 2.29. The van der Waals surface area contributed by atoms with Gasteiger partial charge in [0.2, 0.25) is 0 Å². The smallest absolute Gasteiger partial charge is 0.100 e. The molecule has 11 heavy (non-hydrogen) atoms. The summed E-state index contributed by atoms with van der Waals surface area (Å²) in [5.41, 5.74) is -0.974. The molecule has 1 heterocycles. The van der Waals surface area contributed by atoms with Gasteiger partial charge in [-0.15, -0.1) is 11.8 Å². The van der Waals surface area contributed by atoms with E-state index in [1.807, 2.05) is 6.92 Å². The van der Waals surface area contributed by atoms with Gasteiger partial charge in [0.25, 0.3) is 0 Å². The third kappa shape index (κ3) is 1.69. The minimum absolute atomic E-state index is 0.0182. The van der Waals surface area contributed by atoms with Crippen molar-refractivity contribution in [3.05, 3.63) is 0 Å². The Morgan fingerprint density at radius 3 is 2.45 bits per heavy atom. The standard InChI is InChI=1S/C7H14O3S/c1-5-7(10,4-9)2-6(3-8)11-5/h5-6,8-10H,2-4H2,1H3. The Hall–Kier alpha value is 0.230. The monoisotopic (exact) mass is 178 g/mol. The quantitative estimate of drug-likeness (QED) is 0.538. The van der Waals surface area contributed by atoms with Crippen LogP contribution in [0, 0.1) is 0 Å². The molecule has 1 fully saturated rings. The summed E-state index contributed by atoms with van der Waals surface area (Å²) in [6, 6.07) is 0.